The number of hydrogen-bond donors (Lipinski definition) is 0. The van der Waals surface area contributed by atoms with Crippen LogP contribution in [0.4, 0.5) is 0 Å². The Morgan fingerprint density at radius 1 is 1.09 bits per heavy atom. The smallest absolute Gasteiger partial charge is 0.138 e. The number of hydrogen-bond acceptors (Lipinski definition) is 2. The van der Waals surface area contributed by atoms with Gasteiger partial charge in [-0.2, -0.15) is 0 Å². The molecule has 0 aliphatic carbocycles. The first-order valence-electron chi connectivity index (χ1n) is 6.98. The van der Waals surface area contributed by atoms with Crippen molar-refractivity contribution < 1.29 is 4.74 Å². The molecule has 2 nitrogen and oxygen atoms in total. The minimum atomic E-state index is 0.584. The van der Waals surface area contributed by atoms with E-state index >= 15 is 0 Å². The second-order valence-electron chi connectivity index (χ2n) is 5.34. The molecular formula is C18H16ClNOS. The zero-order chi connectivity index (χ0) is 15.9. The fourth-order valence-corrected chi connectivity index (χ4v) is 3.21. The molecule has 0 fully saturated rings. The summed E-state index contributed by atoms with van der Waals surface area (Å²) < 4.78 is 7.34. The molecule has 0 spiro atoms. The minimum Gasteiger partial charge on any atom is -0.495 e. The van der Waals surface area contributed by atoms with Gasteiger partial charge < -0.3 is 9.30 Å². The van der Waals surface area contributed by atoms with E-state index in [4.69, 9.17) is 28.6 Å². The van der Waals surface area contributed by atoms with Gasteiger partial charge in [-0.25, -0.2) is 0 Å². The number of aryl methyl sites for hydroxylation is 2. The van der Waals surface area contributed by atoms with Crippen molar-refractivity contribution in [1.82, 2.24) is 4.57 Å². The normalized spacial score (nSPS) is 10.9. The van der Waals surface area contributed by atoms with Crippen molar-refractivity contribution in [3.05, 3.63) is 64.3 Å². The van der Waals surface area contributed by atoms with Gasteiger partial charge >= 0.3 is 0 Å². The van der Waals surface area contributed by atoms with Gasteiger partial charge in [-0.3, -0.25) is 0 Å². The molecule has 22 heavy (non-hydrogen) atoms. The van der Waals surface area contributed by atoms with E-state index in [9.17, 15) is 0 Å². The summed E-state index contributed by atoms with van der Waals surface area (Å²) in [5, 5.41) is 1.65. The van der Waals surface area contributed by atoms with Gasteiger partial charge in [0.2, 0.25) is 0 Å². The van der Waals surface area contributed by atoms with Crippen molar-refractivity contribution in [2.45, 2.75) is 13.8 Å². The first kappa shape index (κ1) is 15.1. The molecule has 112 valence electrons. The van der Waals surface area contributed by atoms with Crippen LogP contribution in [0.2, 0.25) is 5.02 Å². The highest BCUT2D eigenvalue weighted by Gasteiger charge is 2.14. The highest BCUT2D eigenvalue weighted by atomic mass is 35.5. The maximum Gasteiger partial charge on any atom is 0.138 e. The Kier molecular flexibility index (Phi) is 3.94. The topological polar surface area (TPSA) is 14.2 Å². The van der Waals surface area contributed by atoms with Crippen molar-refractivity contribution in [2.24, 2.45) is 0 Å². The van der Waals surface area contributed by atoms with Gasteiger partial charge in [0.1, 0.15) is 10.7 Å². The Hall–Kier alpha value is -1.84. The predicted octanol–water partition coefficient (Wildman–Crippen LogP) is 5.14. The molecule has 4 heteroatoms. The molecule has 0 saturated heterocycles. The highest BCUT2D eigenvalue weighted by Crippen LogP contribution is 2.32. The molecule has 0 saturated carbocycles. The average Bonchev–Trinajstić information content (AvgIpc) is 2.81. The molecule has 0 N–H and O–H groups in total. The largest absolute Gasteiger partial charge is 0.495 e. The molecule has 0 bridgehead atoms. The fraction of sp³-hybridized carbons (Fsp3) is 0.167. The third kappa shape index (κ3) is 2.51. The highest BCUT2D eigenvalue weighted by molar-refractivity contribution is 7.80. The van der Waals surface area contributed by atoms with Crippen molar-refractivity contribution in [3.8, 4) is 5.75 Å². The second kappa shape index (κ2) is 5.75. The van der Waals surface area contributed by atoms with Crippen molar-refractivity contribution >= 4 is 39.7 Å². The van der Waals surface area contributed by atoms with Crippen LogP contribution in [0.1, 0.15) is 16.8 Å². The zero-order valence-corrected chi connectivity index (χ0v) is 14.3. The Morgan fingerprint density at radius 3 is 2.41 bits per heavy atom. The van der Waals surface area contributed by atoms with E-state index in [0.717, 1.165) is 27.1 Å². The number of aromatic nitrogens is 1. The number of rotatable bonds is 2. The number of ether oxygens (including phenoxy) is 1. The maximum atomic E-state index is 6.27. The summed E-state index contributed by atoms with van der Waals surface area (Å²) in [6, 6.07) is 14.2. The van der Waals surface area contributed by atoms with Gasteiger partial charge in [-0.15, -0.1) is 0 Å². The van der Waals surface area contributed by atoms with Gasteiger partial charge in [-0.1, -0.05) is 53.6 Å². The molecule has 0 amide bonds. The molecule has 0 atom stereocenters. The molecule has 1 aromatic heterocycles. The van der Waals surface area contributed by atoms with E-state index in [-0.39, 0.29) is 0 Å². The molecule has 0 aliphatic rings. The molecule has 0 unspecified atom stereocenters. The van der Waals surface area contributed by atoms with Crippen LogP contribution in [0.3, 0.4) is 0 Å². The first-order valence-corrected chi connectivity index (χ1v) is 7.77. The van der Waals surface area contributed by atoms with E-state index in [0.29, 0.717) is 10.8 Å². The predicted molar refractivity (Wildman–Crippen MR) is 96.5 cm³/mol. The lowest BCUT2D eigenvalue weighted by Crippen LogP contribution is -2.11. The summed E-state index contributed by atoms with van der Waals surface area (Å²) in [6.45, 7) is 4.11. The van der Waals surface area contributed by atoms with Gasteiger partial charge in [0.05, 0.1) is 17.6 Å². The van der Waals surface area contributed by atoms with E-state index in [1.165, 1.54) is 5.56 Å². The fourth-order valence-electron chi connectivity index (χ4n) is 2.60. The van der Waals surface area contributed by atoms with Crippen LogP contribution in [0.5, 0.6) is 5.75 Å². The molecule has 1 heterocycles. The van der Waals surface area contributed by atoms with Crippen LogP contribution < -0.4 is 4.74 Å². The lowest BCUT2D eigenvalue weighted by Gasteiger charge is -2.11. The summed E-state index contributed by atoms with van der Waals surface area (Å²) in [6.07, 6.45) is 0. The van der Waals surface area contributed by atoms with Crippen molar-refractivity contribution in [3.63, 3.8) is 0 Å². The lowest BCUT2D eigenvalue weighted by atomic mass is 10.1. The van der Waals surface area contributed by atoms with Gasteiger partial charge in [0.25, 0.3) is 0 Å². The van der Waals surface area contributed by atoms with Gasteiger partial charge in [0.15, 0.2) is 0 Å². The number of nitrogens with zero attached hydrogens (tertiary/aromatic N) is 1. The summed E-state index contributed by atoms with van der Waals surface area (Å²) in [4.78, 5) is 0.772. The van der Waals surface area contributed by atoms with Crippen LogP contribution in [0, 0.1) is 13.8 Å². The first-order chi connectivity index (χ1) is 10.5. The van der Waals surface area contributed by atoms with Crippen molar-refractivity contribution in [1.29, 1.82) is 0 Å². The number of thiocarbonyl (C=S) groups is 1. The third-order valence-electron chi connectivity index (χ3n) is 3.76. The number of fused-ring (bicyclic) bond motifs is 1. The van der Waals surface area contributed by atoms with Crippen LogP contribution in [0.15, 0.2) is 42.5 Å². The second-order valence-corrected chi connectivity index (χ2v) is 6.13. The van der Waals surface area contributed by atoms with Crippen molar-refractivity contribution in [2.75, 3.05) is 7.11 Å². The third-order valence-corrected chi connectivity index (χ3v) is 4.47. The quantitative estimate of drug-likeness (QED) is 0.604. The van der Waals surface area contributed by atoms with E-state index < -0.39 is 0 Å². The summed E-state index contributed by atoms with van der Waals surface area (Å²) in [7, 11) is 1.62. The minimum absolute atomic E-state index is 0.584. The summed E-state index contributed by atoms with van der Waals surface area (Å²) in [5.41, 5.74) is 4.31. The Morgan fingerprint density at radius 2 is 1.77 bits per heavy atom. The zero-order valence-electron chi connectivity index (χ0n) is 12.7. The standard InChI is InChI=1S/C18H16ClNOS/c1-11-4-6-13(7-5-11)18(22)20-12(2)8-14-9-17(21-3)15(19)10-16(14)20/h4-10H,1-3H3. The van der Waals surface area contributed by atoms with E-state index in [1.807, 2.05) is 31.2 Å². The number of methoxy groups -OCH3 is 1. The molecule has 0 radical (unpaired) electrons. The number of benzene rings is 2. The molecular weight excluding hydrogens is 314 g/mol. The summed E-state index contributed by atoms with van der Waals surface area (Å²) >= 11 is 12.0. The molecule has 3 rings (SSSR count). The van der Waals surface area contributed by atoms with E-state index in [1.54, 1.807) is 7.11 Å². The summed E-state index contributed by atoms with van der Waals surface area (Å²) in [5.74, 6) is 0.674. The van der Waals surface area contributed by atoms with Crippen LogP contribution in [0.25, 0.3) is 10.9 Å². The van der Waals surface area contributed by atoms with Crippen LogP contribution in [-0.2, 0) is 0 Å². The molecule has 2 aromatic carbocycles. The van der Waals surface area contributed by atoms with E-state index in [2.05, 4.69) is 29.7 Å². The lowest BCUT2D eigenvalue weighted by molar-refractivity contribution is 0.415. The molecule has 0 aliphatic heterocycles. The maximum absolute atomic E-state index is 6.27. The Balaban J connectivity index is 2.18. The SMILES string of the molecule is COc1cc2cc(C)n(C(=S)c3ccc(C)cc3)c2cc1Cl. The van der Waals surface area contributed by atoms with Gasteiger partial charge in [0, 0.05) is 16.6 Å². The Bertz CT molecular complexity index is 865. The average molecular weight is 330 g/mol. The Labute approximate surface area is 140 Å². The monoisotopic (exact) mass is 329 g/mol. The molecule has 3 aromatic rings. The van der Waals surface area contributed by atoms with Crippen LogP contribution >= 0.6 is 23.8 Å². The van der Waals surface area contributed by atoms with Gasteiger partial charge in [-0.05, 0) is 32.0 Å². The number of halogens is 1. The van der Waals surface area contributed by atoms with Crippen LogP contribution in [-0.4, -0.2) is 16.7 Å².